The molecule has 0 spiro atoms. The number of anilines is 1. The van der Waals surface area contributed by atoms with Crippen LogP contribution in [0.2, 0.25) is 0 Å². The van der Waals surface area contributed by atoms with Crippen molar-refractivity contribution in [2.45, 2.75) is 19.4 Å². The van der Waals surface area contributed by atoms with Crippen LogP contribution in [0.4, 0.5) is 5.69 Å². The largest absolute Gasteiger partial charge is 0.388 e. The molecule has 0 aliphatic carbocycles. The number of aromatic nitrogens is 1. The number of nitrogens with two attached hydrogens (primary N) is 1. The smallest absolute Gasteiger partial charge is 0.209 e. The van der Waals surface area contributed by atoms with Gasteiger partial charge in [-0.2, -0.15) is 0 Å². The second-order valence-corrected chi connectivity index (χ2v) is 7.10. The summed E-state index contributed by atoms with van der Waals surface area (Å²) in [4.78, 5) is 4.33. The van der Waals surface area contributed by atoms with Crippen molar-refractivity contribution >= 4 is 32.9 Å². The number of hydrogen-bond donors (Lipinski definition) is 3. The molecule has 8 heteroatoms. The average Bonchev–Trinajstić information content (AvgIpc) is 2.24. The predicted molar refractivity (Wildman–Crippen MR) is 80.7 cm³/mol. The molecule has 0 radical (unpaired) electrons. The zero-order valence-electron chi connectivity index (χ0n) is 11.1. The molecule has 0 saturated heterocycles. The molecule has 0 saturated carbocycles. The molecule has 0 aromatic carbocycles. The highest BCUT2D eigenvalue weighted by Crippen LogP contribution is 2.10. The van der Waals surface area contributed by atoms with Gasteiger partial charge in [-0.05, 0) is 26.0 Å². The molecule has 1 aromatic rings. The number of pyridine rings is 1. The van der Waals surface area contributed by atoms with E-state index in [1.807, 2.05) is 0 Å². The monoisotopic (exact) mass is 302 g/mol. The highest BCUT2D eigenvalue weighted by molar-refractivity contribution is 7.88. The molecule has 4 N–H and O–H groups in total. The Morgan fingerprint density at radius 3 is 2.53 bits per heavy atom. The maximum atomic E-state index is 11.2. The minimum Gasteiger partial charge on any atom is -0.388 e. The summed E-state index contributed by atoms with van der Waals surface area (Å²) in [6, 6.07) is 3.50. The second-order valence-electron chi connectivity index (χ2n) is 4.91. The lowest BCUT2D eigenvalue weighted by Gasteiger charge is -2.25. The van der Waals surface area contributed by atoms with E-state index in [4.69, 9.17) is 18.0 Å². The number of nitrogens with one attached hydrogen (secondary N) is 2. The van der Waals surface area contributed by atoms with Crippen LogP contribution in [0.1, 0.15) is 19.5 Å². The van der Waals surface area contributed by atoms with Crippen molar-refractivity contribution in [3.63, 3.8) is 0 Å². The first-order chi connectivity index (χ1) is 8.59. The first-order valence-electron chi connectivity index (χ1n) is 5.58. The van der Waals surface area contributed by atoms with Crippen LogP contribution in [0.3, 0.4) is 0 Å². The van der Waals surface area contributed by atoms with E-state index in [2.05, 4.69) is 15.0 Å². The molecule has 106 valence electrons. The molecule has 1 heterocycles. The molecule has 0 aliphatic heterocycles. The van der Waals surface area contributed by atoms with Crippen molar-refractivity contribution in [1.29, 1.82) is 0 Å². The van der Waals surface area contributed by atoms with Crippen LogP contribution in [0.5, 0.6) is 0 Å². The van der Waals surface area contributed by atoms with E-state index in [0.29, 0.717) is 12.2 Å². The van der Waals surface area contributed by atoms with Gasteiger partial charge in [0.25, 0.3) is 0 Å². The van der Waals surface area contributed by atoms with E-state index < -0.39 is 15.6 Å². The second kappa shape index (κ2) is 5.81. The van der Waals surface area contributed by atoms with Crippen LogP contribution >= 0.6 is 12.2 Å². The van der Waals surface area contributed by atoms with Gasteiger partial charge in [0.1, 0.15) is 4.99 Å². The first kappa shape index (κ1) is 15.8. The summed E-state index contributed by atoms with van der Waals surface area (Å²) >= 11 is 4.81. The van der Waals surface area contributed by atoms with E-state index in [9.17, 15) is 8.42 Å². The Labute approximate surface area is 118 Å². The Morgan fingerprint density at radius 1 is 1.47 bits per heavy atom. The molecule has 6 nitrogen and oxygen atoms in total. The molecule has 0 atom stereocenters. The van der Waals surface area contributed by atoms with Crippen molar-refractivity contribution < 1.29 is 8.42 Å². The standard InChI is InChI=1S/C11H18N4O2S2/c1-11(2,15-19(3,16)17)7-14-8-4-5-9(10(12)18)13-6-8/h4-6,14-15H,7H2,1-3H3,(H2,12,18). The summed E-state index contributed by atoms with van der Waals surface area (Å²) in [5, 5.41) is 3.10. The normalized spacial score (nSPS) is 12.2. The Morgan fingerprint density at radius 2 is 2.11 bits per heavy atom. The van der Waals surface area contributed by atoms with E-state index in [1.54, 1.807) is 32.2 Å². The van der Waals surface area contributed by atoms with Crippen LogP contribution in [-0.4, -0.2) is 36.7 Å². The SMILES string of the molecule is CC(C)(CNc1ccc(C(N)=S)nc1)NS(C)(=O)=O. The fourth-order valence-corrected chi connectivity index (χ4v) is 2.70. The Balaban J connectivity index is 2.64. The molecule has 0 amide bonds. The van der Waals surface area contributed by atoms with Gasteiger partial charge in [-0.1, -0.05) is 12.2 Å². The maximum Gasteiger partial charge on any atom is 0.209 e. The number of hydrogen-bond acceptors (Lipinski definition) is 5. The van der Waals surface area contributed by atoms with Gasteiger partial charge < -0.3 is 11.1 Å². The van der Waals surface area contributed by atoms with Crippen LogP contribution in [0, 0.1) is 0 Å². The third-order valence-corrected chi connectivity index (χ3v) is 3.34. The molecule has 1 rings (SSSR count). The molecule has 19 heavy (non-hydrogen) atoms. The van der Waals surface area contributed by atoms with Gasteiger partial charge in [0.15, 0.2) is 0 Å². The minimum atomic E-state index is -3.24. The zero-order chi connectivity index (χ0) is 14.7. The van der Waals surface area contributed by atoms with Gasteiger partial charge in [-0.25, -0.2) is 13.1 Å². The van der Waals surface area contributed by atoms with Crippen molar-refractivity contribution in [2.75, 3.05) is 18.1 Å². The number of sulfonamides is 1. The summed E-state index contributed by atoms with van der Waals surface area (Å²) in [7, 11) is -3.24. The van der Waals surface area contributed by atoms with Crippen LogP contribution in [0.25, 0.3) is 0 Å². The molecule has 0 aliphatic rings. The molecule has 0 unspecified atom stereocenters. The average molecular weight is 302 g/mol. The van der Waals surface area contributed by atoms with Gasteiger partial charge in [0.05, 0.1) is 23.8 Å². The molecule has 0 bridgehead atoms. The lowest BCUT2D eigenvalue weighted by molar-refractivity contribution is 0.476. The van der Waals surface area contributed by atoms with Crippen molar-refractivity contribution in [1.82, 2.24) is 9.71 Å². The molecule has 1 aromatic heterocycles. The summed E-state index contributed by atoms with van der Waals surface area (Å²) in [5.74, 6) is 0. The van der Waals surface area contributed by atoms with Gasteiger partial charge >= 0.3 is 0 Å². The van der Waals surface area contributed by atoms with Gasteiger partial charge in [-0.15, -0.1) is 0 Å². The number of thiocarbonyl (C=S) groups is 1. The first-order valence-corrected chi connectivity index (χ1v) is 7.88. The van der Waals surface area contributed by atoms with Crippen LogP contribution < -0.4 is 15.8 Å². The fraction of sp³-hybridized carbons (Fsp3) is 0.455. The lowest BCUT2D eigenvalue weighted by atomic mass is 10.1. The van der Waals surface area contributed by atoms with E-state index in [1.165, 1.54) is 0 Å². The highest BCUT2D eigenvalue weighted by Gasteiger charge is 2.21. The summed E-state index contributed by atoms with van der Waals surface area (Å²) in [5.41, 5.74) is 6.16. The highest BCUT2D eigenvalue weighted by atomic mass is 32.2. The third-order valence-electron chi connectivity index (χ3n) is 2.21. The van der Waals surface area contributed by atoms with Gasteiger partial charge in [0.2, 0.25) is 10.0 Å². The summed E-state index contributed by atoms with van der Waals surface area (Å²) in [6.07, 6.45) is 2.73. The minimum absolute atomic E-state index is 0.241. The topological polar surface area (TPSA) is 97.1 Å². The third kappa shape index (κ3) is 5.95. The predicted octanol–water partition coefficient (Wildman–Crippen LogP) is 0.455. The summed E-state index contributed by atoms with van der Waals surface area (Å²) < 4.78 is 24.9. The Hall–Kier alpha value is -1.25. The maximum absolute atomic E-state index is 11.2. The number of nitrogens with zero attached hydrogens (tertiary/aromatic N) is 1. The quantitative estimate of drug-likeness (QED) is 0.660. The van der Waals surface area contributed by atoms with E-state index in [-0.39, 0.29) is 4.99 Å². The van der Waals surface area contributed by atoms with E-state index in [0.717, 1.165) is 11.9 Å². The van der Waals surface area contributed by atoms with Crippen LogP contribution in [-0.2, 0) is 10.0 Å². The Bertz CT molecular complexity index is 553. The van der Waals surface area contributed by atoms with Crippen molar-refractivity contribution in [3.05, 3.63) is 24.0 Å². The van der Waals surface area contributed by atoms with Crippen molar-refractivity contribution in [2.24, 2.45) is 5.73 Å². The summed E-state index contributed by atoms with van der Waals surface area (Å²) in [6.45, 7) is 4.00. The lowest BCUT2D eigenvalue weighted by Crippen LogP contribution is -2.47. The van der Waals surface area contributed by atoms with Crippen molar-refractivity contribution in [3.8, 4) is 0 Å². The van der Waals surface area contributed by atoms with Gasteiger partial charge in [-0.3, -0.25) is 4.98 Å². The van der Waals surface area contributed by atoms with Crippen LogP contribution in [0.15, 0.2) is 18.3 Å². The fourth-order valence-electron chi connectivity index (χ4n) is 1.51. The van der Waals surface area contributed by atoms with E-state index >= 15 is 0 Å². The van der Waals surface area contributed by atoms with Gasteiger partial charge in [0, 0.05) is 12.1 Å². The number of rotatable bonds is 6. The molecular formula is C11H18N4O2S2. The molecule has 0 fully saturated rings. The Kier molecular flexibility index (Phi) is 4.83. The molecular weight excluding hydrogens is 284 g/mol. The zero-order valence-corrected chi connectivity index (χ0v) is 12.7.